The highest BCUT2D eigenvalue weighted by atomic mass is 79.9. The van der Waals surface area contributed by atoms with Crippen molar-refractivity contribution in [2.24, 2.45) is 0 Å². The molecule has 94 valence electrons. The Morgan fingerprint density at radius 3 is 2.41 bits per heavy atom. The van der Waals surface area contributed by atoms with E-state index in [2.05, 4.69) is 32.8 Å². The van der Waals surface area contributed by atoms with Crippen LogP contribution in [0.3, 0.4) is 0 Å². The van der Waals surface area contributed by atoms with Gasteiger partial charge in [0.2, 0.25) is 0 Å². The zero-order valence-corrected chi connectivity index (χ0v) is 12.5. The lowest BCUT2D eigenvalue weighted by Crippen LogP contribution is -2.07. The second-order valence-corrected chi connectivity index (χ2v) is 5.83. The van der Waals surface area contributed by atoms with E-state index >= 15 is 0 Å². The van der Waals surface area contributed by atoms with Gasteiger partial charge in [0.05, 0.1) is 10.2 Å². The molecule has 0 radical (unpaired) electrons. The van der Waals surface area contributed by atoms with E-state index in [1.54, 1.807) is 0 Å². The molecule has 0 bridgehead atoms. The molecule has 0 atom stereocenters. The third-order valence-electron chi connectivity index (χ3n) is 3.45. The minimum Gasteiger partial charge on any atom is -0.236 e. The van der Waals surface area contributed by atoms with Crippen LogP contribution in [0.4, 0.5) is 0 Å². The fraction of sp³-hybridized carbons (Fsp3) is 0.692. The molecule has 1 aromatic heterocycles. The van der Waals surface area contributed by atoms with E-state index in [1.165, 1.54) is 38.5 Å². The number of nitrogens with zero attached hydrogens (tertiary/aromatic N) is 2. The second-order valence-electron chi connectivity index (χ2n) is 4.68. The second kappa shape index (κ2) is 6.14. The van der Waals surface area contributed by atoms with Crippen molar-refractivity contribution < 1.29 is 0 Å². The van der Waals surface area contributed by atoms with Crippen molar-refractivity contribution in [1.29, 1.82) is 0 Å². The molecule has 1 aliphatic carbocycles. The topological polar surface area (TPSA) is 25.8 Å². The Hall–Kier alpha value is -0.150. The SMILES string of the molecule is CCc1nc(C2CCCCCC2)nc(Cl)c1Br. The predicted octanol–water partition coefficient (Wildman–Crippen LogP) is 4.89. The molecule has 0 unspecified atom stereocenters. The third-order valence-corrected chi connectivity index (χ3v) is 4.79. The predicted molar refractivity (Wildman–Crippen MR) is 74.6 cm³/mol. The maximum atomic E-state index is 6.16. The number of aromatic nitrogens is 2. The first-order valence-electron chi connectivity index (χ1n) is 6.44. The van der Waals surface area contributed by atoms with Gasteiger partial charge in [-0.25, -0.2) is 9.97 Å². The van der Waals surface area contributed by atoms with Gasteiger partial charge in [0.1, 0.15) is 11.0 Å². The smallest absolute Gasteiger partial charge is 0.147 e. The van der Waals surface area contributed by atoms with Gasteiger partial charge in [-0.2, -0.15) is 0 Å². The summed E-state index contributed by atoms with van der Waals surface area (Å²) >= 11 is 9.62. The lowest BCUT2D eigenvalue weighted by Gasteiger charge is -2.14. The van der Waals surface area contributed by atoms with E-state index in [1.807, 2.05) is 0 Å². The van der Waals surface area contributed by atoms with Crippen LogP contribution in [-0.4, -0.2) is 9.97 Å². The molecule has 17 heavy (non-hydrogen) atoms. The Morgan fingerprint density at radius 1 is 1.18 bits per heavy atom. The van der Waals surface area contributed by atoms with E-state index < -0.39 is 0 Å². The maximum Gasteiger partial charge on any atom is 0.147 e. The molecule has 0 aliphatic heterocycles. The van der Waals surface area contributed by atoms with Crippen molar-refractivity contribution in [3.05, 3.63) is 21.1 Å². The molecule has 0 spiro atoms. The standard InChI is InChI=1S/C13H18BrClN2/c1-2-10-11(14)12(15)17-13(16-10)9-7-5-3-4-6-8-9/h9H,2-8H2,1H3. The molecule has 0 N–H and O–H groups in total. The summed E-state index contributed by atoms with van der Waals surface area (Å²) in [5, 5.41) is 0.566. The normalized spacial score (nSPS) is 18.1. The van der Waals surface area contributed by atoms with Gasteiger partial charge >= 0.3 is 0 Å². The van der Waals surface area contributed by atoms with Crippen molar-refractivity contribution in [3.63, 3.8) is 0 Å². The van der Waals surface area contributed by atoms with Crippen molar-refractivity contribution in [2.45, 2.75) is 57.8 Å². The van der Waals surface area contributed by atoms with Crippen LogP contribution in [0.2, 0.25) is 5.15 Å². The quantitative estimate of drug-likeness (QED) is 0.573. The van der Waals surface area contributed by atoms with Crippen LogP contribution in [0.5, 0.6) is 0 Å². The van der Waals surface area contributed by atoms with Crippen molar-refractivity contribution >= 4 is 27.5 Å². The van der Waals surface area contributed by atoms with Crippen LogP contribution in [-0.2, 0) is 6.42 Å². The van der Waals surface area contributed by atoms with Gasteiger partial charge in [0.15, 0.2) is 0 Å². The fourth-order valence-electron chi connectivity index (χ4n) is 2.44. The monoisotopic (exact) mass is 316 g/mol. The Morgan fingerprint density at radius 2 is 1.82 bits per heavy atom. The molecular formula is C13H18BrClN2. The molecule has 1 aromatic rings. The van der Waals surface area contributed by atoms with E-state index in [9.17, 15) is 0 Å². The summed E-state index contributed by atoms with van der Waals surface area (Å²) in [6.07, 6.45) is 8.60. The van der Waals surface area contributed by atoms with E-state index in [0.717, 1.165) is 22.4 Å². The molecule has 0 amide bonds. The number of rotatable bonds is 2. The average molecular weight is 318 g/mol. The summed E-state index contributed by atoms with van der Waals surface area (Å²) in [6.45, 7) is 2.10. The van der Waals surface area contributed by atoms with Gasteiger partial charge in [-0.1, -0.05) is 44.2 Å². The highest BCUT2D eigenvalue weighted by Gasteiger charge is 2.19. The molecule has 2 rings (SSSR count). The zero-order valence-electron chi connectivity index (χ0n) is 10.2. The Kier molecular flexibility index (Phi) is 4.80. The van der Waals surface area contributed by atoms with Crippen LogP contribution >= 0.6 is 27.5 Å². The van der Waals surface area contributed by atoms with E-state index in [0.29, 0.717) is 11.1 Å². The molecule has 4 heteroatoms. The summed E-state index contributed by atoms with van der Waals surface area (Å²) in [5.41, 5.74) is 1.03. The first kappa shape index (κ1) is 13.3. The van der Waals surface area contributed by atoms with Crippen LogP contribution in [0.15, 0.2) is 4.47 Å². The van der Waals surface area contributed by atoms with Gasteiger partial charge in [-0.05, 0) is 35.2 Å². The van der Waals surface area contributed by atoms with E-state index in [-0.39, 0.29) is 0 Å². The number of hydrogen-bond donors (Lipinski definition) is 0. The van der Waals surface area contributed by atoms with Gasteiger partial charge < -0.3 is 0 Å². The summed E-state index contributed by atoms with van der Waals surface area (Å²) in [7, 11) is 0. The molecule has 1 heterocycles. The Labute approximate surface area is 116 Å². The summed E-state index contributed by atoms with van der Waals surface area (Å²) in [5.74, 6) is 1.46. The van der Waals surface area contributed by atoms with Crippen LogP contribution in [0, 0.1) is 0 Å². The van der Waals surface area contributed by atoms with E-state index in [4.69, 9.17) is 11.6 Å². The lowest BCUT2D eigenvalue weighted by atomic mass is 9.99. The average Bonchev–Trinajstić information content (AvgIpc) is 2.61. The molecule has 1 saturated carbocycles. The van der Waals surface area contributed by atoms with Crippen molar-refractivity contribution in [2.75, 3.05) is 0 Å². The van der Waals surface area contributed by atoms with Crippen molar-refractivity contribution in [3.8, 4) is 0 Å². The molecule has 0 saturated heterocycles. The zero-order chi connectivity index (χ0) is 12.3. The minimum atomic E-state index is 0.508. The Balaban J connectivity index is 2.27. The molecule has 0 aromatic carbocycles. The minimum absolute atomic E-state index is 0.508. The van der Waals surface area contributed by atoms with Crippen LogP contribution < -0.4 is 0 Å². The lowest BCUT2D eigenvalue weighted by molar-refractivity contribution is 0.557. The molecule has 1 aliphatic rings. The fourth-order valence-corrected chi connectivity index (χ4v) is 3.09. The first-order valence-corrected chi connectivity index (χ1v) is 7.61. The van der Waals surface area contributed by atoms with Gasteiger partial charge in [0, 0.05) is 5.92 Å². The summed E-state index contributed by atoms with van der Waals surface area (Å²) in [4.78, 5) is 9.13. The van der Waals surface area contributed by atoms with Gasteiger partial charge in [-0.15, -0.1) is 0 Å². The maximum absolute atomic E-state index is 6.16. The summed E-state index contributed by atoms with van der Waals surface area (Å²) in [6, 6.07) is 0. The van der Waals surface area contributed by atoms with Gasteiger partial charge in [-0.3, -0.25) is 0 Å². The van der Waals surface area contributed by atoms with Crippen LogP contribution in [0.1, 0.15) is 62.9 Å². The highest BCUT2D eigenvalue weighted by molar-refractivity contribution is 9.10. The first-order chi connectivity index (χ1) is 8.22. The molecular weight excluding hydrogens is 300 g/mol. The van der Waals surface area contributed by atoms with Crippen molar-refractivity contribution in [1.82, 2.24) is 9.97 Å². The van der Waals surface area contributed by atoms with Crippen LogP contribution in [0.25, 0.3) is 0 Å². The Bertz CT molecular complexity index is 387. The molecule has 2 nitrogen and oxygen atoms in total. The molecule has 1 fully saturated rings. The highest BCUT2D eigenvalue weighted by Crippen LogP contribution is 2.32. The number of halogens is 2. The largest absolute Gasteiger partial charge is 0.236 e. The third kappa shape index (κ3) is 3.19. The number of hydrogen-bond acceptors (Lipinski definition) is 2. The summed E-state index contributed by atoms with van der Waals surface area (Å²) < 4.78 is 0.860. The van der Waals surface area contributed by atoms with Gasteiger partial charge in [0.25, 0.3) is 0 Å². The number of aryl methyl sites for hydroxylation is 1.